The zero-order valence-corrected chi connectivity index (χ0v) is 12.7. The van der Waals surface area contributed by atoms with Gasteiger partial charge in [-0.2, -0.15) is 11.8 Å². The predicted molar refractivity (Wildman–Crippen MR) is 79.9 cm³/mol. The first-order valence-electron chi connectivity index (χ1n) is 6.85. The highest BCUT2D eigenvalue weighted by Crippen LogP contribution is 2.28. The van der Waals surface area contributed by atoms with Gasteiger partial charge in [-0.25, -0.2) is 4.79 Å². The van der Waals surface area contributed by atoms with Crippen molar-refractivity contribution in [2.45, 2.75) is 36.6 Å². The van der Waals surface area contributed by atoms with Crippen LogP contribution in [0, 0.1) is 0 Å². The quantitative estimate of drug-likeness (QED) is 0.847. The average molecular weight is 298 g/mol. The van der Waals surface area contributed by atoms with Crippen molar-refractivity contribution in [2.75, 3.05) is 20.0 Å². The maximum atomic E-state index is 12.0. The lowest BCUT2D eigenvalue weighted by molar-refractivity contribution is 0.156. The highest BCUT2D eigenvalue weighted by atomic mass is 32.2. The largest absolute Gasteiger partial charge is 0.467 e. The summed E-state index contributed by atoms with van der Waals surface area (Å²) in [4.78, 5) is 12.0. The molecule has 0 aromatic carbocycles. The van der Waals surface area contributed by atoms with Crippen LogP contribution in [0.5, 0.6) is 0 Å². The van der Waals surface area contributed by atoms with E-state index in [9.17, 15) is 4.79 Å². The Morgan fingerprint density at radius 3 is 3.05 bits per heavy atom. The molecule has 1 aromatic rings. The normalized spacial score (nSPS) is 23.5. The van der Waals surface area contributed by atoms with Crippen molar-refractivity contribution >= 4 is 17.8 Å². The fourth-order valence-corrected chi connectivity index (χ4v) is 3.32. The van der Waals surface area contributed by atoms with Gasteiger partial charge >= 0.3 is 6.03 Å². The van der Waals surface area contributed by atoms with Gasteiger partial charge < -0.3 is 19.8 Å². The summed E-state index contributed by atoms with van der Waals surface area (Å²) < 4.78 is 10.5. The van der Waals surface area contributed by atoms with Crippen LogP contribution in [-0.2, 0) is 4.74 Å². The molecule has 2 N–H and O–H groups in total. The van der Waals surface area contributed by atoms with E-state index in [0.717, 1.165) is 12.8 Å². The van der Waals surface area contributed by atoms with E-state index in [1.165, 1.54) is 6.42 Å². The minimum atomic E-state index is -0.257. The predicted octanol–water partition coefficient (Wildman–Crippen LogP) is 2.55. The van der Waals surface area contributed by atoms with E-state index in [2.05, 4.69) is 16.9 Å². The van der Waals surface area contributed by atoms with Gasteiger partial charge in [-0.1, -0.05) is 0 Å². The zero-order chi connectivity index (χ0) is 14.4. The van der Waals surface area contributed by atoms with E-state index in [1.54, 1.807) is 19.4 Å². The Morgan fingerprint density at radius 1 is 1.60 bits per heavy atom. The number of ether oxygens (including phenoxy) is 1. The van der Waals surface area contributed by atoms with Crippen molar-refractivity contribution < 1.29 is 13.9 Å². The van der Waals surface area contributed by atoms with Gasteiger partial charge in [0.15, 0.2) is 0 Å². The van der Waals surface area contributed by atoms with Crippen molar-refractivity contribution in [1.82, 2.24) is 10.6 Å². The summed E-state index contributed by atoms with van der Waals surface area (Å²) in [5.74, 6) is 0.704. The van der Waals surface area contributed by atoms with Crippen LogP contribution in [0.3, 0.4) is 0 Å². The summed E-state index contributed by atoms with van der Waals surface area (Å²) in [6.07, 6.45) is 6.99. The van der Waals surface area contributed by atoms with E-state index < -0.39 is 0 Å². The number of methoxy groups -OCH3 is 1. The maximum absolute atomic E-state index is 12.0. The highest BCUT2D eigenvalue weighted by molar-refractivity contribution is 7.99. The van der Waals surface area contributed by atoms with Gasteiger partial charge in [0, 0.05) is 18.4 Å². The van der Waals surface area contributed by atoms with Crippen LogP contribution >= 0.6 is 11.8 Å². The van der Waals surface area contributed by atoms with Gasteiger partial charge in [-0.3, -0.25) is 0 Å². The first-order chi connectivity index (χ1) is 9.72. The van der Waals surface area contributed by atoms with Gasteiger partial charge in [0.05, 0.1) is 12.9 Å². The molecule has 1 aliphatic rings. The van der Waals surface area contributed by atoms with Crippen LogP contribution in [0.25, 0.3) is 0 Å². The summed E-state index contributed by atoms with van der Waals surface area (Å²) in [5.41, 5.74) is 0. The standard InChI is InChI=1S/C14H22N2O3S/c1-18-9-12(13-4-3-7-19-13)16-14(17)15-10-5-6-11(8-10)20-2/h3-4,7,10-12H,5-6,8-9H2,1-2H3,(H2,15,16,17)/t10-,11-,12-/m0/s1. The number of carbonyl (C=O) groups is 1. The number of amides is 2. The van der Waals surface area contributed by atoms with Crippen molar-refractivity contribution in [3.8, 4) is 0 Å². The minimum absolute atomic E-state index is 0.157. The second-order valence-corrected chi connectivity index (χ2v) is 6.15. The Balaban J connectivity index is 1.83. The summed E-state index contributed by atoms with van der Waals surface area (Å²) >= 11 is 1.88. The van der Waals surface area contributed by atoms with E-state index in [4.69, 9.17) is 9.15 Å². The van der Waals surface area contributed by atoms with Crippen LogP contribution in [0.15, 0.2) is 22.8 Å². The first kappa shape index (κ1) is 15.3. The molecule has 1 heterocycles. The van der Waals surface area contributed by atoms with Crippen LogP contribution in [0.4, 0.5) is 4.79 Å². The van der Waals surface area contributed by atoms with Crippen molar-refractivity contribution in [3.63, 3.8) is 0 Å². The fourth-order valence-electron chi connectivity index (χ4n) is 2.52. The first-order valence-corrected chi connectivity index (χ1v) is 8.14. The second kappa shape index (κ2) is 7.59. The summed E-state index contributed by atoms with van der Waals surface area (Å²) in [6, 6.07) is 3.50. The monoisotopic (exact) mass is 298 g/mol. The number of rotatable bonds is 6. The van der Waals surface area contributed by atoms with E-state index in [0.29, 0.717) is 17.6 Å². The molecule has 1 aliphatic carbocycles. The average Bonchev–Trinajstić information content (AvgIpc) is 3.09. The van der Waals surface area contributed by atoms with Gasteiger partial charge in [0.1, 0.15) is 11.8 Å². The Kier molecular flexibility index (Phi) is 5.79. The van der Waals surface area contributed by atoms with E-state index >= 15 is 0 Å². The lowest BCUT2D eigenvalue weighted by Gasteiger charge is -2.19. The Labute approximate surface area is 123 Å². The lowest BCUT2D eigenvalue weighted by Crippen LogP contribution is -2.43. The van der Waals surface area contributed by atoms with Crippen LogP contribution in [0.2, 0.25) is 0 Å². The molecular weight excluding hydrogens is 276 g/mol. The van der Waals surface area contributed by atoms with Crippen molar-refractivity contribution in [2.24, 2.45) is 0 Å². The third kappa shape index (κ3) is 4.18. The molecule has 1 fully saturated rings. The molecule has 0 radical (unpaired) electrons. The SMILES string of the molecule is COC[C@H](NC(=O)N[C@H]1CC[C@H](SC)C1)c1ccco1. The summed E-state index contributed by atoms with van der Waals surface area (Å²) in [5, 5.41) is 6.60. The maximum Gasteiger partial charge on any atom is 0.315 e. The molecule has 0 unspecified atom stereocenters. The zero-order valence-electron chi connectivity index (χ0n) is 11.9. The lowest BCUT2D eigenvalue weighted by atomic mass is 10.2. The molecule has 0 spiro atoms. The Bertz CT molecular complexity index is 411. The molecule has 0 bridgehead atoms. The number of nitrogens with one attached hydrogen (secondary N) is 2. The van der Waals surface area contributed by atoms with Crippen molar-refractivity contribution in [3.05, 3.63) is 24.2 Å². The van der Waals surface area contributed by atoms with Crippen LogP contribution in [0.1, 0.15) is 31.1 Å². The summed E-state index contributed by atoms with van der Waals surface area (Å²) in [7, 11) is 1.61. The second-order valence-electron chi connectivity index (χ2n) is 5.01. The number of furan rings is 1. The molecular formula is C14H22N2O3S. The number of carbonyl (C=O) groups excluding carboxylic acids is 1. The molecule has 6 heteroatoms. The van der Waals surface area contributed by atoms with E-state index in [-0.39, 0.29) is 18.1 Å². The number of hydrogen-bond donors (Lipinski definition) is 2. The van der Waals surface area contributed by atoms with Gasteiger partial charge in [0.2, 0.25) is 0 Å². The molecule has 112 valence electrons. The third-order valence-corrected chi connectivity index (χ3v) is 4.67. The molecule has 2 rings (SSSR count). The smallest absolute Gasteiger partial charge is 0.315 e. The van der Waals surface area contributed by atoms with Gasteiger partial charge in [-0.15, -0.1) is 0 Å². The summed E-state index contributed by atoms with van der Waals surface area (Å²) in [6.45, 7) is 0.388. The number of hydrogen-bond acceptors (Lipinski definition) is 4. The number of thioether (sulfide) groups is 1. The highest BCUT2D eigenvalue weighted by Gasteiger charge is 2.26. The Hall–Kier alpha value is -1.14. The Morgan fingerprint density at radius 2 is 2.45 bits per heavy atom. The molecule has 1 saturated carbocycles. The molecule has 0 saturated heterocycles. The molecule has 2 amide bonds. The topological polar surface area (TPSA) is 63.5 Å². The minimum Gasteiger partial charge on any atom is -0.467 e. The van der Waals surface area contributed by atoms with Crippen LogP contribution in [-0.4, -0.2) is 37.3 Å². The molecule has 20 heavy (non-hydrogen) atoms. The van der Waals surface area contributed by atoms with Gasteiger partial charge in [0.25, 0.3) is 0 Å². The van der Waals surface area contributed by atoms with Crippen molar-refractivity contribution in [1.29, 1.82) is 0 Å². The molecule has 5 nitrogen and oxygen atoms in total. The fraction of sp³-hybridized carbons (Fsp3) is 0.643. The van der Waals surface area contributed by atoms with E-state index in [1.807, 2.05) is 17.8 Å². The molecule has 1 aromatic heterocycles. The molecule has 0 aliphatic heterocycles. The van der Waals surface area contributed by atoms with Gasteiger partial charge in [-0.05, 0) is 37.7 Å². The number of urea groups is 1. The van der Waals surface area contributed by atoms with Crippen LogP contribution < -0.4 is 10.6 Å². The molecule has 3 atom stereocenters. The third-order valence-electron chi connectivity index (χ3n) is 3.58.